The number of nitrogens with one attached hydrogen (secondary N) is 2. The summed E-state index contributed by atoms with van der Waals surface area (Å²) in [6, 6.07) is 8.22. The van der Waals surface area contributed by atoms with Crippen LogP contribution >= 0.6 is 0 Å². The average molecular weight is 598 g/mol. The molecule has 43 heavy (non-hydrogen) atoms. The number of aromatic nitrogens is 4. The van der Waals surface area contributed by atoms with E-state index in [4.69, 9.17) is 19.9 Å². The van der Waals surface area contributed by atoms with Crippen LogP contribution in [-0.4, -0.2) is 82.9 Å². The Kier molecular flexibility index (Phi) is 12.7. The van der Waals surface area contributed by atoms with Gasteiger partial charge >= 0.3 is 17.7 Å². The lowest BCUT2D eigenvalue weighted by Gasteiger charge is -2.36. The number of hydrogen-bond acceptors (Lipinski definition) is 10. The monoisotopic (exact) mass is 597 g/mol. The summed E-state index contributed by atoms with van der Waals surface area (Å²) >= 11 is 0. The van der Waals surface area contributed by atoms with E-state index >= 15 is 0 Å². The number of nitrogens with zero attached hydrogens (tertiary/aromatic N) is 4. The van der Waals surface area contributed by atoms with Gasteiger partial charge < -0.3 is 30.2 Å². The maximum atomic E-state index is 12.8. The molecule has 2 aromatic heterocycles. The summed E-state index contributed by atoms with van der Waals surface area (Å²) in [5.41, 5.74) is 7.75. The first-order valence-electron chi connectivity index (χ1n) is 15.6. The highest BCUT2D eigenvalue weighted by Crippen LogP contribution is 2.22. The molecule has 3 aromatic rings. The number of aromatic amines is 1. The second kappa shape index (κ2) is 16.9. The number of likely N-dealkylation sites (tertiary alicyclic amines) is 1. The van der Waals surface area contributed by atoms with Gasteiger partial charge in [0.25, 0.3) is 0 Å². The lowest BCUT2D eigenvalue weighted by atomic mass is 9.99. The summed E-state index contributed by atoms with van der Waals surface area (Å²) in [4.78, 5) is 38.3. The van der Waals surface area contributed by atoms with Crippen molar-refractivity contribution in [3.8, 4) is 11.8 Å². The predicted molar refractivity (Wildman–Crippen MR) is 167 cm³/mol. The molecule has 0 bridgehead atoms. The molecule has 1 atom stereocenters. The second-order valence-electron chi connectivity index (χ2n) is 11.1. The molecule has 0 saturated carbocycles. The first-order chi connectivity index (χ1) is 21.0. The van der Waals surface area contributed by atoms with Gasteiger partial charge in [0.15, 0.2) is 11.5 Å². The van der Waals surface area contributed by atoms with Crippen LogP contribution in [0.15, 0.2) is 29.1 Å². The van der Waals surface area contributed by atoms with Crippen molar-refractivity contribution in [3.05, 3.63) is 40.3 Å². The van der Waals surface area contributed by atoms with Crippen LogP contribution in [0.4, 0.5) is 5.82 Å². The first-order valence-corrected chi connectivity index (χ1v) is 15.6. The molecule has 1 aliphatic heterocycles. The van der Waals surface area contributed by atoms with Crippen molar-refractivity contribution in [2.45, 2.75) is 77.3 Å². The number of benzene rings is 1. The summed E-state index contributed by atoms with van der Waals surface area (Å²) < 4.78 is 17.9. The van der Waals surface area contributed by atoms with Crippen LogP contribution in [-0.2, 0) is 22.5 Å². The fourth-order valence-electron chi connectivity index (χ4n) is 5.44. The molecule has 0 amide bonds. The molecule has 0 spiro atoms. The SMILES string of the molecule is CCCCOc1nc(N)c2[nH]c(=O)n(CCC3CCCCN3CCNCCCCOc3cccc(CC(=O)OC)c3)c2n1. The fraction of sp³-hybridized carbons (Fsp3) is 0.613. The lowest BCUT2D eigenvalue weighted by molar-refractivity contribution is -0.139. The second-order valence-corrected chi connectivity index (χ2v) is 11.1. The van der Waals surface area contributed by atoms with Gasteiger partial charge in [-0.25, -0.2) is 4.79 Å². The number of carbonyl (C=O) groups is 1. The molecule has 1 fully saturated rings. The highest BCUT2D eigenvalue weighted by Gasteiger charge is 2.23. The Morgan fingerprint density at radius 1 is 1.12 bits per heavy atom. The number of H-pyrrole nitrogens is 1. The van der Waals surface area contributed by atoms with Crippen LogP contribution in [0.3, 0.4) is 0 Å². The third kappa shape index (κ3) is 9.69. The van der Waals surface area contributed by atoms with Crippen LogP contribution < -0.4 is 26.2 Å². The Bertz CT molecular complexity index is 1360. The number of rotatable bonds is 18. The van der Waals surface area contributed by atoms with Gasteiger partial charge in [0.1, 0.15) is 11.3 Å². The number of carbonyl (C=O) groups excluding carboxylic acids is 1. The Balaban J connectivity index is 1.18. The summed E-state index contributed by atoms with van der Waals surface area (Å²) in [6.07, 6.45) is 8.50. The topological polar surface area (TPSA) is 150 Å². The molecule has 0 aliphatic carbocycles. The van der Waals surface area contributed by atoms with E-state index < -0.39 is 0 Å². The van der Waals surface area contributed by atoms with Crippen molar-refractivity contribution in [1.82, 2.24) is 29.7 Å². The van der Waals surface area contributed by atoms with Crippen molar-refractivity contribution < 1.29 is 19.0 Å². The van der Waals surface area contributed by atoms with Gasteiger partial charge in [-0.1, -0.05) is 31.9 Å². The predicted octanol–water partition coefficient (Wildman–Crippen LogP) is 3.29. The first kappa shape index (κ1) is 32.3. The van der Waals surface area contributed by atoms with Gasteiger partial charge in [-0.2, -0.15) is 9.97 Å². The number of imidazole rings is 1. The van der Waals surface area contributed by atoms with Crippen LogP contribution in [0.2, 0.25) is 0 Å². The largest absolute Gasteiger partial charge is 0.494 e. The zero-order chi connectivity index (χ0) is 30.4. The smallest absolute Gasteiger partial charge is 0.327 e. The number of unbranched alkanes of at least 4 members (excludes halogenated alkanes) is 2. The van der Waals surface area contributed by atoms with E-state index in [0.29, 0.717) is 37.0 Å². The third-order valence-electron chi connectivity index (χ3n) is 7.86. The number of hydrogen-bond donors (Lipinski definition) is 3. The standard InChI is InChI=1S/C31H47N7O5/c1-3-4-19-43-30-35-28(32)27-29(36-30)38(31(40)34-27)17-13-24-11-5-7-16-37(24)18-15-33-14-6-8-20-42-25-12-9-10-23(21-25)22-26(39)41-2/h9-10,12,21,24,33H,3-8,11,13-20,22H2,1-2H3,(H,34,40)(H2,32,35,36). The third-order valence-corrected chi connectivity index (χ3v) is 7.86. The molecular weight excluding hydrogens is 550 g/mol. The van der Waals surface area contributed by atoms with Crippen molar-refractivity contribution in [2.24, 2.45) is 0 Å². The summed E-state index contributed by atoms with van der Waals surface area (Å²) in [7, 11) is 1.39. The molecule has 1 aromatic carbocycles. The average Bonchev–Trinajstić information content (AvgIpc) is 3.33. The number of methoxy groups -OCH3 is 1. The number of anilines is 1. The zero-order valence-corrected chi connectivity index (χ0v) is 25.6. The minimum atomic E-state index is -0.258. The van der Waals surface area contributed by atoms with Gasteiger partial charge in [-0.15, -0.1) is 0 Å². The Morgan fingerprint density at radius 2 is 1.98 bits per heavy atom. The summed E-state index contributed by atoms with van der Waals surface area (Å²) in [5.74, 6) is 0.748. The molecule has 236 valence electrons. The fourth-order valence-corrected chi connectivity index (χ4v) is 5.44. The van der Waals surface area contributed by atoms with Crippen molar-refractivity contribution in [2.75, 3.05) is 52.2 Å². The molecule has 4 N–H and O–H groups in total. The van der Waals surface area contributed by atoms with Crippen molar-refractivity contribution in [3.63, 3.8) is 0 Å². The minimum absolute atomic E-state index is 0.216. The van der Waals surface area contributed by atoms with E-state index in [1.165, 1.54) is 20.0 Å². The van der Waals surface area contributed by atoms with Gasteiger partial charge in [0, 0.05) is 25.7 Å². The molecule has 1 saturated heterocycles. The molecule has 0 radical (unpaired) electrons. The van der Waals surface area contributed by atoms with E-state index in [9.17, 15) is 9.59 Å². The Labute approximate surface area is 253 Å². The van der Waals surface area contributed by atoms with E-state index in [1.54, 1.807) is 4.57 Å². The molecule has 1 aliphatic rings. The van der Waals surface area contributed by atoms with Crippen LogP contribution in [0, 0.1) is 0 Å². The lowest BCUT2D eigenvalue weighted by Crippen LogP contribution is -2.43. The molecule has 12 nitrogen and oxygen atoms in total. The van der Waals surface area contributed by atoms with Gasteiger partial charge in [-0.3, -0.25) is 14.3 Å². The number of nitrogens with two attached hydrogens (primary N) is 1. The van der Waals surface area contributed by atoms with E-state index in [2.05, 4.69) is 32.1 Å². The number of ether oxygens (including phenoxy) is 3. The van der Waals surface area contributed by atoms with Crippen LogP contribution in [0.5, 0.6) is 11.8 Å². The van der Waals surface area contributed by atoms with Gasteiger partial charge in [0.05, 0.1) is 26.7 Å². The molecular formula is C31H47N7O5. The van der Waals surface area contributed by atoms with Gasteiger partial charge in [0.2, 0.25) is 0 Å². The number of fused-ring (bicyclic) bond motifs is 1. The highest BCUT2D eigenvalue weighted by molar-refractivity contribution is 5.81. The Hall–Kier alpha value is -3.64. The molecule has 3 heterocycles. The summed E-state index contributed by atoms with van der Waals surface area (Å²) in [5, 5.41) is 3.57. The molecule has 4 rings (SSSR count). The van der Waals surface area contributed by atoms with E-state index in [0.717, 1.165) is 76.0 Å². The van der Waals surface area contributed by atoms with E-state index in [1.807, 2.05) is 24.3 Å². The number of aryl methyl sites for hydroxylation is 1. The molecule has 12 heteroatoms. The van der Waals surface area contributed by atoms with E-state index in [-0.39, 0.29) is 29.9 Å². The number of piperidine rings is 1. The maximum absolute atomic E-state index is 12.8. The maximum Gasteiger partial charge on any atom is 0.327 e. The quantitative estimate of drug-likeness (QED) is 0.147. The van der Waals surface area contributed by atoms with Crippen molar-refractivity contribution in [1.29, 1.82) is 0 Å². The van der Waals surface area contributed by atoms with Crippen LogP contribution in [0.1, 0.15) is 63.9 Å². The zero-order valence-electron chi connectivity index (χ0n) is 25.6. The summed E-state index contributed by atoms with van der Waals surface area (Å²) in [6.45, 7) is 7.69. The molecule has 1 unspecified atom stereocenters. The van der Waals surface area contributed by atoms with Crippen LogP contribution in [0.25, 0.3) is 11.2 Å². The van der Waals surface area contributed by atoms with Crippen molar-refractivity contribution >= 4 is 23.0 Å². The minimum Gasteiger partial charge on any atom is -0.494 e. The highest BCUT2D eigenvalue weighted by atomic mass is 16.5. The Morgan fingerprint density at radius 3 is 2.81 bits per heavy atom. The number of esters is 1. The van der Waals surface area contributed by atoms with Gasteiger partial charge in [-0.05, 0) is 69.3 Å². The normalized spacial score (nSPS) is 15.5. The number of nitrogen functional groups attached to an aromatic ring is 1.